The number of amides is 1. The Kier molecular flexibility index (Phi) is 4.20. The number of carbonyl (C=O) groups is 2. The Hall–Kier alpha value is -1.29. The Balaban J connectivity index is 2.07. The molecule has 3 nitrogen and oxygen atoms in total. The van der Waals surface area contributed by atoms with Gasteiger partial charge in [-0.15, -0.1) is 11.8 Å². The topological polar surface area (TPSA) is 46.2 Å². The zero-order valence-corrected chi connectivity index (χ0v) is 10.3. The van der Waals surface area contributed by atoms with Crippen molar-refractivity contribution in [2.45, 2.75) is 29.4 Å². The molecule has 17 heavy (non-hydrogen) atoms. The normalized spacial score (nSPS) is 20.5. The molecule has 4 heteroatoms. The Bertz CT molecular complexity index is 420. The fourth-order valence-corrected chi connectivity index (χ4v) is 3.01. The number of hydrogen-bond acceptors (Lipinski definition) is 3. The molecule has 1 unspecified atom stereocenters. The average molecular weight is 249 g/mol. The first-order valence-corrected chi connectivity index (χ1v) is 6.67. The number of thioether (sulfide) groups is 1. The molecule has 2 rings (SSSR count). The summed E-state index contributed by atoms with van der Waals surface area (Å²) in [4.78, 5) is 23.4. The zero-order valence-electron chi connectivity index (χ0n) is 9.52. The fraction of sp³-hybridized carbons (Fsp3) is 0.385. The maximum Gasteiger partial charge on any atom is 0.233 e. The molecule has 1 atom stereocenters. The maximum atomic E-state index is 11.8. The largest absolute Gasteiger partial charge is 0.355 e. The van der Waals surface area contributed by atoms with Gasteiger partial charge in [0.05, 0.1) is 5.25 Å². The Labute approximate surface area is 105 Å². The third-order valence-electron chi connectivity index (χ3n) is 2.76. The van der Waals surface area contributed by atoms with Crippen LogP contribution in [0.3, 0.4) is 0 Å². The lowest BCUT2D eigenvalue weighted by molar-refractivity contribution is -0.120. The van der Waals surface area contributed by atoms with E-state index in [2.05, 4.69) is 5.32 Å². The van der Waals surface area contributed by atoms with Crippen molar-refractivity contribution >= 4 is 24.0 Å². The molecular formula is C13H15NO2S. The van der Waals surface area contributed by atoms with Gasteiger partial charge in [0.15, 0.2) is 0 Å². The van der Waals surface area contributed by atoms with E-state index in [0.29, 0.717) is 5.56 Å². The molecule has 1 aromatic rings. The van der Waals surface area contributed by atoms with Crippen molar-refractivity contribution in [2.24, 2.45) is 0 Å². The summed E-state index contributed by atoms with van der Waals surface area (Å²) in [6.45, 7) is 0.782. The van der Waals surface area contributed by atoms with Gasteiger partial charge in [-0.05, 0) is 25.0 Å². The van der Waals surface area contributed by atoms with E-state index in [1.54, 1.807) is 17.8 Å². The molecule has 0 saturated carbocycles. The minimum absolute atomic E-state index is 0.0283. The van der Waals surface area contributed by atoms with Gasteiger partial charge in [-0.25, -0.2) is 0 Å². The molecule has 1 aliphatic heterocycles. The molecular weight excluding hydrogens is 234 g/mol. The highest BCUT2D eigenvalue weighted by Gasteiger charge is 2.21. The van der Waals surface area contributed by atoms with Crippen LogP contribution in [0.5, 0.6) is 0 Å². The molecule has 1 amide bonds. The van der Waals surface area contributed by atoms with Gasteiger partial charge in [0, 0.05) is 17.0 Å². The van der Waals surface area contributed by atoms with Crippen LogP contribution in [0, 0.1) is 0 Å². The number of rotatable bonds is 3. The minimum Gasteiger partial charge on any atom is -0.355 e. The second-order valence-corrected chi connectivity index (χ2v) is 5.36. The summed E-state index contributed by atoms with van der Waals surface area (Å²) in [6, 6.07) is 7.39. The molecule has 1 saturated heterocycles. The van der Waals surface area contributed by atoms with Gasteiger partial charge < -0.3 is 5.32 Å². The highest BCUT2D eigenvalue weighted by molar-refractivity contribution is 8.00. The van der Waals surface area contributed by atoms with Crippen LogP contribution in [-0.2, 0) is 4.79 Å². The van der Waals surface area contributed by atoms with Crippen LogP contribution in [0.15, 0.2) is 29.2 Å². The third-order valence-corrected chi connectivity index (χ3v) is 4.02. The molecule has 90 valence electrons. The summed E-state index contributed by atoms with van der Waals surface area (Å²) in [5, 5.41) is 2.89. The van der Waals surface area contributed by atoms with Gasteiger partial charge in [-0.3, -0.25) is 9.59 Å². The van der Waals surface area contributed by atoms with Gasteiger partial charge in [-0.1, -0.05) is 18.6 Å². The first kappa shape index (κ1) is 12.2. The van der Waals surface area contributed by atoms with Crippen molar-refractivity contribution in [2.75, 3.05) is 6.54 Å². The van der Waals surface area contributed by atoms with Gasteiger partial charge >= 0.3 is 0 Å². The van der Waals surface area contributed by atoms with Crippen molar-refractivity contribution in [1.82, 2.24) is 5.32 Å². The summed E-state index contributed by atoms with van der Waals surface area (Å²) in [5.74, 6) is 0.115. The van der Waals surface area contributed by atoms with E-state index < -0.39 is 0 Å². The van der Waals surface area contributed by atoms with Crippen LogP contribution in [0.2, 0.25) is 0 Å². The zero-order chi connectivity index (χ0) is 12.1. The van der Waals surface area contributed by atoms with Crippen molar-refractivity contribution in [3.8, 4) is 0 Å². The van der Waals surface area contributed by atoms with E-state index >= 15 is 0 Å². The highest BCUT2D eigenvalue weighted by Crippen LogP contribution is 2.28. The molecule has 1 N–H and O–H groups in total. The SMILES string of the molecule is O=Cc1cccc(SC2CCCCNC2=O)c1. The molecule has 0 aromatic heterocycles. The van der Waals surface area contributed by atoms with Gasteiger partial charge in [-0.2, -0.15) is 0 Å². The molecule has 1 heterocycles. The second-order valence-electron chi connectivity index (χ2n) is 4.08. The summed E-state index contributed by atoms with van der Waals surface area (Å²) < 4.78 is 0. The lowest BCUT2D eigenvalue weighted by Crippen LogP contribution is -2.30. The molecule has 1 aromatic carbocycles. The molecule has 1 fully saturated rings. The summed E-state index contributed by atoms with van der Waals surface area (Å²) in [7, 11) is 0. The van der Waals surface area contributed by atoms with E-state index in [4.69, 9.17) is 0 Å². The number of nitrogens with one attached hydrogen (secondary N) is 1. The van der Waals surface area contributed by atoms with E-state index in [1.807, 2.05) is 18.2 Å². The monoisotopic (exact) mass is 249 g/mol. The summed E-state index contributed by atoms with van der Waals surface area (Å²) in [5.41, 5.74) is 0.657. The van der Waals surface area contributed by atoms with Crippen LogP contribution in [0.1, 0.15) is 29.6 Å². The summed E-state index contributed by atoms with van der Waals surface area (Å²) >= 11 is 1.54. The van der Waals surface area contributed by atoms with Gasteiger partial charge in [0.2, 0.25) is 5.91 Å². The Morgan fingerprint density at radius 3 is 3.06 bits per heavy atom. The van der Waals surface area contributed by atoms with Gasteiger partial charge in [0.1, 0.15) is 6.29 Å². The van der Waals surface area contributed by atoms with Crippen molar-refractivity contribution in [3.63, 3.8) is 0 Å². The van der Waals surface area contributed by atoms with E-state index in [-0.39, 0.29) is 11.2 Å². The van der Waals surface area contributed by atoms with Crippen molar-refractivity contribution < 1.29 is 9.59 Å². The predicted octanol–water partition coefficient (Wildman–Crippen LogP) is 2.26. The van der Waals surface area contributed by atoms with Crippen molar-refractivity contribution in [3.05, 3.63) is 29.8 Å². The highest BCUT2D eigenvalue weighted by atomic mass is 32.2. The Morgan fingerprint density at radius 1 is 1.35 bits per heavy atom. The second kappa shape index (κ2) is 5.87. The lowest BCUT2D eigenvalue weighted by Gasteiger charge is -2.12. The predicted molar refractivity (Wildman–Crippen MR) is 68.3 cm³/mol. The van der Waals surface area contributed by atoms with Crippen LogP contribution in [-0.4, -0.2) is 24.0 Å². The van der Waals surface area contributed by atoms with Crippen LogP contribution >= 0.6 is 11.8 Å². The number of carbonyl (C=O) groups excluding carboxylic acids is 2. The quantitative estimate of drug-likeness (QED) is 0.836. The number of benzene rings is 1. The molecule has 0 spiro atoms. The average Bonchev–Trinajstić information content (AvgIpc) is 2.55. The standard InChI is InChI=1S/C13H15NO2S/c15-9-10-4-3-5-11(8-10)17-12-6-1-2-7-14-13(12)16/h3-5,8-9,12H,1-2,6-7H2,(H,14,16). The summed E-state index contributed by atoms with van der Waals surface area (Å²) in [6.07, 6.45) is 3.86. The number of hydrogen-bond donors (Lipinski definition) is 1. The third kappa shape index (κ3) is 3.33. The van der Waals surface area contributed by atoms with E-state index in [0.717, 1.165) is 37.0 Å². The van der Waals surface area contributed by atoms with Crippen molar-refractivity contribution in [1.29, 1.82) is 0 Å². The van der Waals surface area contributed by atoms with Crippen LogP contribution < -0.4 is 5.32 Å². The number of aldehydes is 1. The van der Waals surface area contributed by atoms with Gasteiger partial charge in [0.25, 0.3) is 0 Å². The first-order chi connectivity index (χ1) is 8.29. The van der Waals surface area contributed by atoms with E-state index in [9.17, 15) is 9.59 Å². The van der Waals surface area contributed by atoms with Crippen LogP contribution in [0.25, 0.3) is 0 Å². The smallest absolute Gasteiger partial charge is 0.233 e. The Morgan fingerprint density at radius 2 is 2.24 bits per heavy atom. The minimum atomic E-state index is -0.0283. The molecule has 1 aliphatic rings. The molecule has 0 bridgehead atoms. The fourth-order valence-electron chi connectivity index (χ4n) is 1.85. The van der Waals surface area contributed by atoms with E-state index in [1.165, 1.54) is 0 Å². The molecule has 0 radical (unpaired) electrons. The van der Waals surface area contributed by atoms with Crippen LogP contribution in [0.4, 0.5) is 0 Å². The molecule has 0 aliphatic carbocycles. The maximum absolute atomic E-state index is 11.8. The lowest BCUT2D eigenvalue weighted by atomic mass is 10.2. The first-order valence-electron chi connectivity index (χ1n) is 5.79.